The minimum Gasteiger partial charge on any atom is -0.391 e. The molecule has 1 atom stereocenters. The van der Waals surface area contributed by atoms with Gasteiger partial charge in [-0.05, 0) is 24.6 Å². The van der Waals surface area contributed by atoms with Crippen molar-refractivity contribution in [3.63, 3.8) is 0 Å². The van der Waals surface area contributed by atoms with E-state index in [1.54, 1.807) is 4.90 Å². The maximum Gasteiger partial charge on any atom is 0.254 e. The van der Waals surface area contributed by atoms with Gasteiger partial charge in [-0.2, -0.15) is 0 Å². The van der Waals surface area contributed by atoms with Gasteiger partial charge < -0.3 is 20.6 Å². The summed E-state index contributed by atoms with van der Waals surface area (Å²) in [5.41, 5.74) is 2.70. The summed E-state index contributed by atoms with van der Waals surface area (Å²) in [7, 11) is 0. The molecule has 5 nitrogen and oxygen atoms in total. The van der Waals surface area contributed by atoms with E-state index in [9.17, 15) is 9.90 Å². The normalized spacial score (nSPS) is 22.1. The van der Waals surface area contributed by atoms with E-state index in [1.807, 2.05) is 18.2 Å². The van der Waals surface area contributed by atoms with Gasteiger partial charge in [0.1, 0.15) is 0 Å². The van der Waals surface area contributed by atoms with Crippen LogP contribution in [0.4, 0.5) is 11.4 Å². The summed E-state index contributed by atoms with van der Waals surface area (Å²) in [6.45, 7) is 2.86. The fourth-order valence-corrected chi connectivity index (χ4v) is 2.48. The van der Waals surface area contributed by atoms with Crippen LogP contribution in [0.2, 0.25) is 0 Å². The van der Waals surface area contributed by atoms with Crippen LogP contribution < -0.4 is 10.6 Å². The molecule has 2 aliphatic heterocycles. The quantitative estimate of drug-likeness (QED) is 0.684. The maximum absolute atomic E-state index is 12.2. The Balaban J connectivity index is 1.81. The maximum atomic E-state index is 12.2. The number of anilines is 2. The zero-order valence-electron chi connectivity index (χ0n) is 10.1. The average Bonchev–Trinajstić information content (AvgIpc) is 2.84. The molecule has 1 aromatic carbocycles. The lowest BCUT2D eigenvalue weighted by Gasteiger charge is -2.21. The van der Waals surface area contributed by atoms with Crippen LogP contribution in [0.15, 0.2) is 18.2 Å². The van der Waals surface area contributed by atoms with E-state index in [4.69, 9.17) is 0 Å². The number of nitrogens with zero attached hydrogens (tertiary/aromatic N) is 1. The zero-order valence-corrected chi connectivity index (χ0v) is 10.1. The molecule has 96 valence electrons. The third kappa shape index (κ3) is 2.01. The monoisotopic (exact) mass is 247 g/mol. The molecule has 0 aliphatic carbocycles. The van der Waals surface area contributed by atoms with Crippen LogP contribution in [0.25, 0.3) is 0 Å². The van der Waals surface area contributed by atoms with E-state index in [1.165, 1.54) is 0 Å². The molecule has 0 saturated carbocycles. The minimum atomic E-state index is -0.369. The molecule has 1 aromatic rings. The standard InChI is InChI=1S/C13H17N3O2/c17-10-3-6-16(8-10)13(18)9-1-2-11-12(7-9)15-5-4-14-11/h1-2,7,10,14-15,17H,3-6,8H2. The Morgan fingerprint density at radius 2 is 2.06 bits per heavy atom. The van der Waals surface area contributed by atoms with Crippen molar-refractivity contribution < 1.29 is 9.90 Å². The van der Waals surface area contributed by atoms with Gasteiger partial charge in [-0.1, -0.05) is 0 Å². The van der Waals surface area contributed by atoms with Crippen molar-refractivity contribution >= 4 is 17.3 Å². The van der Waals surface area contributed by atoms with Crippen molar-refractivity contribution in [3.05, 3.63) is 23.8 Å². The summed E-state index contributed by atoms with van der Waals surface area (Å²) in [5, 5.41) is 16.0. The minimum absolute atomic E-state index is 0.00160. The van der Waals surface area contributed by atoms with Crippen LogP contribution in [0.1, 0.15) is 16.8 Å². The Hall–Kier alpha value is -1.75. The smallest absolute Gasteiger partial charge is 0.254 e. The molecule has 3 rings (SSSR count). The Labute approximate surface area is 106 Å². The van der Waals surface area contributed by atoms with E-state index in [2.05, 4.69) is 10.6 Å². The number of carbonyl (C=O) groups excluding carboxylic acids is 1. The number of β-amino-alcohol motifs (C(OH)–C–C–N with tert-alkyl or cyclic N) is 1. The number of aliphatic hydroxyl groups excluding tert-OH is 1. The highest BCUT2D eigenvalue weighted by atomic mass is 16.3. The first-order valence-corrected chi connectivity index (χ1v) is 6.33. The van der Waals surface area contributed by atoms with Crippen LogP contribution in [0.5, 0.6) is 0 Å². The van der Waals surface area contributed by atoms with Gasteiger partial charge in [-0.15, -0.1) is 0 Å². The molecule has 1 fully saturated rings. The number of hydrogen-bond donors (Lipinski definition) is 3. The molecule has 1 saturated heterocycles. The molecule has 18 heavy (non-hydrogen) atoms. The lowest BCUT2D eigenvalue weighted by molar-refractivity contribution is 0.0765. The predicted molar refractivity (Wildman–Crippen MR) is 69.9 cm³/mol. The zero-order chi connectivity index (χ0) is 12.5. The number of rotatable bonds is 1. The molecule has 5 heteroatoms. The van der Waals surface area contributed by atoms with Crippen molar-refractivity contribution in [2.75, 3.05) is 36.8 Å². The Morgan fingerprint density at radius 1 is 1.28 bits per heavy atom. The van der Waals surface area contributed by atoms with Gasteiger partial charge in [0.2, 0.25) is 0 Å². The molecule has 1 unspecified atom stereocenters. The third-order valence-electron chi connectivity index (χ3n) is 3.47. The molecule has 3 N–H and O–H groups in total. The third-order valence-corrected chi connectivity index (χ3v) is 3.47. The van der Waals surface area contributed by atoms with Gasteiger partial charge >= 0.3 is 0 Å². The van der Waals surface area contributed by atoms with Crippen LogP contribution in [-0.4, -0.2) is 48.2 Å². The van der Waals surface area contributed by atoms with Crippen molar-refractivity contribution in [1.82, 2.24) is 4.90 Å². The molecule has 0 radical (unpaired) electrons. The van der Waals surface area contributed by atoms with Crippen molar-refractivity contribution in [1.29, 1.82) is 0 Å². The highest BCUT2D eigenvalue weighted by molar-refractivity contribution is 5.96. The van der Waals surface area contributed by atoms with Gasteiger partial charge in [-0.25, -0.2) is 0 Å². The van der Waals surface area contributed by atoms with Crippen molar-refractivity contribution in [2.24, 2.45) is 0 Å². The van der Waals surface area contributed by atoms with Gasteiger partial charge in [0.05, 0.1) is 17.5 Å². The highest BCUT2D eigenvalue weighted by Crippen LogP contribution is 2.26. The Morgan fingerprint density at radius 3 is 2.78 bits per heavy atom. The van der Waals surface area contributed by atoms with Crippen LogP contribution in [0, 0.1) is 0 Å². The molecule has 1 amide bonds. The van der Waals surface area contributed by atoms with E-state index in [-0.39, 0.29) is 12.0 Å². The number of amides is 1. The Kier molecular flexibility index (Phi) is 2.83. The molecule has 0 aromatic heterocycles. The van der Waals surface area contributed by atoms with E-state index in [0.717, 1.165) is 24.5 Å². The lowest BCUT2D eigenvalue weighted by Crippen LogP contribution is -2.30. The first kappa shape index (κ1) is 11.3. The summed E-state index contributed by atoms with van der Waals surface area (Å²) >= 11 is 0. The lowest BCUT2D eigenvalue weighted by atomic mass is 10.1. The molecular weight excluding hydrogens is 230 g/mol. The second-order valence-electron chi connectivity index (χ2n) is 4.81. The topological polar surface area (TPSA) is 64.6 Å². The van der Waals surface area contributed by atoms with Gasteiger partial charge in [0, 0.05) is 31.7 Å². The fourth-order valence-electron chi connectivity index (χ4n) is 2.48. The average molecular weight is 247 g/mol. The van der Waals surface area contributed by atoms with Crippen molar-refractivity contribution in [2.45, 2.75) is 12.5 Å². The van der Waals surface area contributed by atoms with Gasteiger partial charge in [0.25, 0.3) is 5.91 Å². The van der Waals surface area contributed by atoms with Crippen molar-refractivity contribution in [3.8, 4) is 0 Å². The Bertz CT molecular complexity index is 475. The van der Waals surface area contributed by atoms with Gasteiger partial charge in [-0.3, -0.25) is 4.79 Å². The second kappa shape index (κ2) is 4.49. The largest absolute Gasteiger partial charge is 0.391 e. The van der Waals surface area contributed by atoms with E-state index in [0.29, 0.717) is 25.1 Å². The summed E-state index contributed by atoms with van der Waals surface area (Å²) in [6.07, 6.45) is 0.308. The van der Waals surface area contributed by atoms with Crippen LogP contribution >= 0.6 is 0 Å². The number of aliphatic hydroxyl groups is 1. The summed E-state index contributed by atoms with van der Waals surface area (Å²) in [5.74, 6) is 0.00160. The summed E-state index contributed by atoms with van der Waals surface area (Å²) in [6, 6.07) is 5.65. The number of nitrogens with one attached hydrogen (secondary N) is 2. The number of benzene rings is 1. The second-order valence-corrected chi connectivity index (χ2v) is 4.81. The highest BCUT2D eigenvalue weighted by Gasteiger charge is 2.25. The summed E-state index contributed by atoms with van der Waals surface area (Å²) < 4.78 is 0. The first-order valence-electron chi connectivity index (χ1n) is 6.33. The summed E-state index contributed by atoms with van der Waals surface area (Å²) in [4.78, 5) is 14.0. The van der Waals surface area contributed by atoms with Crippen LogP contribution in [0.3, 0.4) is 0 Å². The molecule has 2 aliphatic rings. The molecular formula is C13H17N3O2. The number of fused-ring (bicyclic) bond motifs is 1. The number of likely N-dealkylation sites (tertiary alicyclic amines) is 1. The van der Waals surface area contributed by atoms with E-state index < -0.39 is 0 Å². The predicted octanol–water partition coefficient (Wildman–Crippen LogP) is 0.731. The van der Waals surface area contributed by atoms with Gasteiger partial charge in [0.15, 0.2) is 0 Å². The number of carbonyl (C=O) groups is 1. The molecule has 2 heterocycles. The molecule has 0 spiro atoms. The van der Waals surface area contributed by atoms with Crippen LogP contribution in [-0.2, 0) is 0 Å². The first-order chi connectivity index (χ1) is 8.74. The number of hydrogen-bond acceptors (Lipinski definition) is 4. The molecule has 0 bridgehead atoms. The SMILES string of the molecule is O=C(c1ccc2c(c1)NCCN2)N1CCC(O)C1. The van der Waals surface area contributed by atoms with E-state index >= 15 is 0 Å². The fraction of sp³-hybridized carbons (Fsp3) is 0.462.